The van der Waals surface area contributed by atoms with Crippen molar-refractivity contribution in [2.45, 2.75) is 26.6 Å². The number of rotatable bonds is 6. The topological polar surface area (TPSA) is 35.5 Å². The smallest absolute Gasteiger partial charge is 0.341 e. The third-order valence-electron chi connectivity index (χ3n) is 2.32. The average Bonchev–Trinajstić information content (AvgIpc) is 2.38. The van der Waals surface area contributed by atoms with E-state index in [0.717, 1.165) is 5.56 Å². The second-order valence-corrected chi connectivity index (χ2v) is 3.49. The summed E-state index contributed by atoms with van der Waals surface area (Å²) in [5, 5.41) is 0. The van der Waals surface area contributed by atoms with E-state index in [4.69, 9.17) is 9.47 Å². The third-order valence-corrected chi connectivity index (χ3v) is 2.32. The van der Waals surface area contributed by atoms with E-state index >= 15 is 0 Å². The molecule has 0 N–H and O–H groups in total. The highest BCUT2D eigenvalue weighted by Crippen LogP contribution is 2.13. The van der Waals surface area contributed by atoms with Gasteiger partial charge in [0.2, 0.25) is 6.29 Å². The summed E-state index contributed by atoms with van der Waals surface area (Å²) >= 11 is 0. The maximum absolute atomic E-state index is 11.9. The standard InChI is InChI=1S/C14H18O3/c1-4-11-9-7-8-10-12(11)14(15)17-13(5-2)16-6-3/h4,7-10,13H,1,5-6H2,2-3H3. The first kappa shape index (κ1) is 13.5. The first-order valence-corrected chi connectivity index (χ1v) is 5.77. The molecule has 0 amide bonds. The van der Waals surface area contributed by atoms with Gasteiger partial charge >= 0.3 is 5.97 Å². The van der Waals surface area contributed by atoms with Crippen molar-refractivity contribution < 1.29 is 14.3 Å². The van der Waals surface area contributed by atoms with Crippen LogP contribution in [0.4, 0.5) is 0 Å². The number of esters is 1. The minimum Gasteiger partial charge on any atom is -0.432 e. The molecule has 1 unspecified atom stereocenters. The van der Waals surface area contributed by atoms with E-state index < -0.39 is 6.29 Å². The summed E-state index contributed by atoms with van der Waals surface area (Å²) in [7, 11) is 0. The zero-order chi connectivity index (χ0) is 12.7. The van der Waals surface area contributed by atoms with Gasteiger partial charge in [0.15, 0.2) is 0 Å². The summed E-state index contributed by atoms with van der Waals surface area (Å²) in [5.41, 5.74) is 1.28. The SMILES string of the molecule is C=Cc1ccccc1C(=O)OC(CC)OCC. The minimum absolute atomic E-state index is 0.374. The van der Waals surface area contributed by atoms with E-state index in [9.17, 15) is 4.79 Å². The molecule has 17 heavy (non-hydrogen) atoms. The quantitative estimate of drug-likeness (QED) is 0.560. The third kappa shape index (κ3) is 3.71. The van der Waals surface area contributed by atoms with Crippen molar-refractivity contribution in [3.8, 4) is 0 Å². The lowest BCUT2D eigenvalue weighted by Gasteiger charge is -2.16. The number of hydrogen-bond donors (Lipinski definition) is 0. The normalized spacial score (nSPS) is 11.9. The maximum Gasteiger partial charge on any atom is 0.341 e. The Balaban J connectivity index is 2.78. The predicted octanol–water partition coefficient (Wildman–Crippen LogP) is 3.26. The van der Waals surface area contributed by atoms with Gasteiger partial charge in [-0.3, -0.25) is 0 Å². The van der Waals surface area contributed by atoms with Crippen molar-refractivity contribution in [1.82, 2.24) is 0 Å². The molecule has 0 fully saturated rings. The molecule has 0 aliphatic carbocycles. The molecule has 92 valence electrons. The lowest BCUT2D eigenvalue weighted by molar-refractivity contribution is -0.107. The molecule has 0 aliphatic rings. The largest absolute Gasteiger partial charge is 0.432 e. The second-order valence-electron chi connectivity index (χ2n) is 3.49. The Labute approximate surface area is 102 Å². The van der Waals surface area contributed by atoms with Crippen LogP contribution < -0.4 is 0 Å². The van der Waals surface area contributed by atoms with Crippen LogP contribution in [0.5, 0.6) is 0 Å². The Kier molecular flexibility index (Phi) is 5.43. The fourth-order valence-electron chi connectivity index (χ4n) is 1.46. The van der Waals surface area contributed by atoms with Crippen LogP contribution in [0.3, 0.4) is 0 Å². The summed E-state index contributed by atoms with van der Waals surface area (Å²) in [6, 6.07) is 7.20. The first-order chi connectivity index (χ1) is 8.22. The molecule has 3 heteroatoms. The first-order valence-electron chi connectivity index (χ1n) is 5.77. The molecule has 0 radical (unpaired) electrons. The molecule has 1 aromatic rings. The Hall–Kier alpha value is -1.61. The van der Waals surface area contributed by atoms with Gasteiger partial charge in [0, 0.05) is 13.0 Å². The number of benzene rings is 1. The zero-order valence-corrected chi connectivity index (χ0v) is 10.3. The highest BCUT2D eigenvalue weighted by Gasteiger charge is 2.15. The molecule has 0 bridgehead atoms. The van der Waals surface area contributed by atoms with Crippen molar-refractivity contribution in [3.63, 3.8) is 0 Å². The molecule has 0 saturated carbocycles. The minimum atomic E-state index is -0.481. The monoisotopic (exact) mass is 234 g/mol. The average molecular weight is 234 g/mol. The predicted molar refractivity (Wildman–Crippen MR) is 67.7 cm³/mol. The molecule has 1 atom stereocenters. The van der Waals surface area contributed by atoms with Gasteiger partial charge in [0.05, 0.1) is 5.56 Å². The van der Waals surface area contributed by atoms with Gasteiger partial charge in [-0.2, -0.15) is 0 Å². The molecule has 0 heterocycles. The molecule has 0 saturated heterocycles. The molecule has 1 aromatic carbocycles. The maximum atomic E-state index is 11.9. The van der Waals surface area contributed by atoms with Gasteiger partial charge in [0.25, 0.3) is 0 Å². The lowest BCUT2D eigenvalue weighted by atomic mass is 10.1. The van der Waals surface area contributed by atoms with E-state index in [1.807, 2.05) is 26.0 Å². The van der Waals surface area contributed by atoms with E-state index in [2.05, 4.69) is 6.58 Å². The summed E-state index contributed by atoms with van der Waals surface area (Å²) in [4.78, 5) is 11.9. The van der Waals surface area contributed by atoms with Gasteiger partial charge in [-0.25, -0.2) is 4.79 Å². The highest BCUT2D eigenvalue weighted by molar-refractivity contribution is 5.93. The number of carbonyl (C=O) groups excluding carboxylic acids is 1. The van der Waals surface area contributed by atoms with Crippen molar-refractivity contribution in [2.75, 3.05) is 6.61 Å². The highest BCUT2D eigenvalue weighted by atomic mass is 16.7. The number of hydrogen-bond acceptors (Lipinski definition) is 3. The van der Waals surface area contributed by atoms with Crippen LogP contribution in [0.15, 0.2) is 30.8 Å². The number of carbonyl (C=O) groups is 1. The van der Waals surface area contributed by atoms with Crippen LogP contribution in [0, 0.1) is 0 Å². The molecule has 3 nitrogen and oxygen atoms in total. The fraction of sp³-hybridized carbons (Fsp3) is 0.357. The Morgan fingerprint density at radius 2 is 2.12 bits per heavy atom. The second kappa shape index (κ2) is 6.86. The Bertz CT molecular complexity index is 385. The number of ether oxygens (including phenoxy) is 2. The van der Waals surface area contributed by atoms with Crippen molar-refractivity contribution in [3.05, 3.63) is 42.0 Å². The Morgan fingerprint density at radius 1 is 1.41 bits per heavy atom. The van der Waals surface area contributed by atoms with E-state index in [1.54, 1.807) is 18.2 Å². The lowest BCUT2D eigenvalue weighted by Crippen LogP contribution is -2.21. The van der Waals surface area contributed by atoms with Crippen LogP contribution in [-0.4, -0.2) is 18.9 Å². The summed E-state index contributed by atoms with van der Waals surface area (Å²) in [6.07, 6.45) is 1.79. The van der Waals surface area contributed by atoms with Gasteiger partial charge in [0.1, 0.15) is 0 Å². The van der Waals surface area contributed by atoms with E-state index in [0.29, 0.717) is 18.6 Å². The van der Waals surface area contributed by atoms with Gasteiger partial charge in [-0.1, -0.05) is 37.8 Å². The Morgan fingerprint density at radius 3 is 2.71 bits per heavy atom. The molecular weight excluding hydrogens is 216 g/mol. The molecule has 0 aliphatic heterocycles. The van der Waals surface area contributed by atoms with Crippen LogP contribution in [-0.2, 0) is 9.47 Å². The zero-order valence-electron chi connectivity index (χ0n) is 10.3. The van der Waals surface area contributed by atoms with E-state index in [1.165, 1.54) is 0 Å². The molecule has 1 rings (SSSR count). The van der Waals surface area contributed by atoms with Crippen LogP contribution in [0.2, 0.25) is 0 Å². The van der Waals surface area contributed by atoms with Crippen molar-refractivity contribution >= 4 is 12.0 Å². The summed E-state index contributed by atoms with van der Waals surface area (Å²) in [5.74, 6) is -0.374. The van der Waals surface area contributed by atoms with Gasteiger partial charge in [-0.15, -0.1) is 0 Å². The van der Waals surface area contributed by atoms with Crippen molar-refractivity contribution in [2.24, 2.45) is 0 Å². The summed E-state index contributed by atoms with van der Waals surface area (Å²) < 4.78 is 10.5. The molecule has 0 spiro atoms. The van der Waals surface area contributed by atoms with Crippen LogP contribution in [0.1, 0.15) is 36.2 Å². The van der Waals surface area contributed by atoms with Crippen LogP contribution in [0.25, 0.3) is 6.08 Å². The van der Waals surface area contributed by atoms with Gasteiger partial charge < -0.3 is 9.47 Å². The summed E-state index contributed by atoms with van der Waals surface area (Å²) in [6.45, 7) is 7.97. The van der Waals surface area contributed by atoms with E-state index in [-0.39, 0.29) is 5.97 Å². The molecule has 0 aromatic heterocycles. The van der Waals surface area contributed by atoms with Gasteiger partial charge in [-0.05, 0) is 18.6 Å². The fourth-order valence-corrected chi connectivity index (χ4v) is 1.46. The van der Waals surface area contributed by atoms with Crippen LogP contribution >= 0.6 is 0 Å². The van der Waals surface area contributed by atoms with Crippen molar-refractivity contribution in [1.29, 1.82) is 0 Å². The molecular formula is C14H18O3.